The van der Waals surface area contributed by atoms with Crippen molar-refractivity contribution >= 4 is 21.6 Å². The van der Waals surface area contributed by atoms with E-state index in [2.05, 4.69) is 4.72 Å². The fourth-order valence-electron chi connectivity index (χ4n) is 2.21. The molecule has 0 unspecified atom stereocenters. The fraction of sp³-hybridized carbons (Fsp3) is 0.500. The Labute approximate surface area is 113 Å². The Kier molecular flexibility index (Phi) is 4.27. The van der Waals surface area contributed by atoms with Crippen molar-refractivity contribution in [3.05, 3.63) is 29.3 Å². The molecule has 0 aliphatic heterocycles. The van der Waals surface area contributed by atoms with Gasteiger partial charge in [0.05, 0.1) is 4.90 Å². The maximum Gasteiger partial charge on any atom is 0.240 e. The van der Waals surface area contributed by atoms with Crippen LogP contribution in [0.2, 0.25) is 5.02 Å². The van der Waals surface area contributed by atoms with Gasteiger partial charge < -0.3 is 5.73 Å². The Morgan fingerprint density at radius 1 is 1.28 bits per heavy atom. The minimum absolute atomic E-state index is 0.104. The molecule has 1 fully saturated rings. The topological polar surface area (TPSA) is 72.2 Å². The summed E-state index contributed by atoms with van der Waals surface area (Å²) in [7, 11) is -3.53. The third-order valence-corrected chi connectivity index (χ3v) is 4.96. The highest BCUT2D eigenvalue weighted by atomic mass is 35.5. The highest BCUT2D eigenvalue weighted by Crippen LogP contribution is 2.20. The van der Waals surface area contributed by atoms with E-state index in [1.54, 1.807) is 12.1 Å². The Hall–Kier alpha value is -0.620. The van der Waals surface area contributed by atoms with Crippen molar-refractivity contribution in [2.45, 2.75) is 42.7 Å². The van der Waals surface area contributed by atoms with Crippen molar-refractivity contribution in [2.75, 3.05) is 0 Å². The number of halogens is 1. The van der Waals surface area contributed by atoms with E-state index in [9.17, 15) is 8.42 Å². The van der Waals surface area contributed by atoms with Crippen LogP contribution in [0, 0.1) is 0 Å². The average Bonchev–Trinajstić information content (AvgIpc) is 2.32. The Bertz CT molecular complexity index is 519. The van der Waals surface area contributed by atoms with Gasteiger partial charge in [-0.15, -0.1) is 0 Å². The average molecular weight is 289 g/mol. The van der Waals surface area contributed by atoms with Gasteiger partial charge >= 0.3 is 0 Å². The zero-order valence-electron chi connectivity index (χ0n) is 9.97. The molecule has 6 heteroatoms. The molecule has 0 bridgehead atoms. The molecule has 1 aromatic rings. The molecule has 0 amide bonds. The second-order valence-corrected chi connectivity index (χ2v) is 6.78. The van der Waals surface area contributed by atoms with Crippen LogP contribution in [0.15, 0.2) is 29.2 Å². The first-order valence-corrected chi connectivity index (χ1v) is 7.88. The summed E-state index contributed by atoms with van der Waals surface area (Å²) in [5.74, 6) is 0. The molecule has 1 aliphatic carbocycles. The first kappa shape index (κ1) is 13.8. The molecule has 2 atom stereocenters. The molecule has 4 nitrogen and oxygen atoms in total. The van der Waals surface area contributed by atoms with Crippen molar-refractivity contribution in [3.63, 3.8) is 0 Å². The van der Waals surface area contributed by atoms with Gasteiger partial charge in [-0.3, -0.25) is 0 Å². The molecule has 1 aromatic carbocycles. The molecule has 18 heavy (non-hydrogen) atoms. The van der Waals surface area contributed by atoms with E-state index < -0.39 is 10.0 Å². The number of nitrogens with two attached hydrogens (primary N) is 1. The second-order valence-electron chi connectivity index (χ2n) is 4.63. The first-order valence-electron chi connectivity index (χ1n) is 6.02. The number of benzene rings is 1. The third kappa shape index (κ3) is 3.23. The summed E-state index contributed by atoms with van der Waals surface area (Å²) in [6, 6.07) is 5.96. The predicted octanol–water partition coefficient (Wildman–Crippen LogP) is 1.89. The van der Waals surface area contributed by atoms with Gasteiger partial charge in [-0.2, -0.15) is 0 Å². The van der Waals surface area contributed by atoms with E-state index in [0.29, 0.717) is 5.02 Å². The van der Waals surface area contributed by atoms with Gasteiger partial charge in [-0.25, -0.2) is 13.1 Å². The quantitative estimate of drug-likeness (QED) is 0.892. The van der Waals surface area contributed by atoms with E-state index in [1.165, 1.54) is 12.1 Å². The smallest absolute Gasteiger partial charge is 0.240 e. The molecule has 0 heterocycles. The van der Waals surface area contributed by atoms with Crippen LogP contribution in [0.3, 0.4) is 0 Å². The highest BCUT2D eigenvalue weighted by molar-refractivity contribution is 7.89. The third-order valence-electron chi connectivity index (χ3n) is 3.23. The van der Waals surface area contributed by atoms with Crippen LogP contribution in [0.1, 0.15) is 25.7 Å². The van der Waals surface area contributed by atoms with Gasteiger partial charge in [0, 0.05) is 17.1 Å². The van der Waals surface area contributed by atoms with Gasteiger partial charge in [0.1, 0.15) is 0 Å². The van der Waals surface area contributed by atoms with Crippen molar-refractivity contribution in [1.29, 1.82) is 0 Å². The normalized spacial score (nSPS) is 25.0. The standard InChI is InChI=1S/C12H17ClN2O2S/c13-9-4-3-5-10(8-9)18(16,17)15-12-7-2-1-6-11(12)14/h3-5,8,11-12,15H,1-2,6-7,14H2/t11-,12-/m1/s1. The van der Waals surface area contributed by atoms with Crippen molar-refractivity contribution < 1.29 is 8.42 Å². The lowest BCUT2D eigenvalue weighted by Gasteiger charge is -2.29. The lowest BCUT2D eigenvalue weighted by atomic mass is 9.92. The molecule has 0 spiro atoms. The fourth-order valence-corrected chi connectivity index (χ4v) is 3.83. The Balaban J connectivity index is 2.16. The lowest BCUT2D eigenvalue weighted by Crippen LogP contribution is -2.49. The highest BCUT2D eigenvalue weighted by Gasteiger charge is 2.27. The van der Waals surface area contributed by atoms with Gasteiger partial charge in [-0.05, 0) is 31.0 Å². The summed E-state index contributed by atoms with van der Waals surface area (Å²) in [5.41, 5.74) is 5.94. The van der Waals surface area contributed by atoms with Crippen LogP contribution < -0.4 is 10.5 Å². The number of hydrogen-bond donors (Lipinski definition) is 2. The largest absolute Gasteiger partial charge is 0.326 e. The monoisotopic (exact) mass is 288 g/mol. The van der Waals surface area contributed by atoms with Crippen LogP contribution in [-0.4, -0.2) is 20.5 Å². The SMILES string of the molecule is N[C@@H]1CCCC[C@H]1NS(=O)(=O)c1cccc(Cl)c1. The maximum absolute atomic E-state index is 12.2. The van der Waals surface area contributed by atoms with Crippen molar-refractivity contribution in [3.8, 4) is 0 Å². The minimum atomic E-state index is -3.53. The minimum Gasteiger partial charge on any atom is -0.326 e. The summed E-state index contributed by atoms with van der Waals surface area (Å²) >= 11 is 5.81. The van der Waals surface area contributed by atoms with Crippen LogP contribution in [0.5, 0.6) is 0 Å². The maximum atomic E-state index is 12.2. The second kappa shape index (κ2) is 5.57. The summed E-state index contributed by atoms with van der Waals surface area (Å²) in [6.07, 6.45) is 3.73. The summed E-state index contributed by atoms with van der Waals surface area (Å²) < 4.78 is 27.0. The molecule has 1 saturated carbocycles. The van der Waals surface area contributed by atoms with Gasteiger partial charge in [0.15, 0.2) is 0 Å². The zero-order valence-corrected chi connectivity index (χ0v) is 11.5. The Morgan fingerprint density at radius 2 is 2.00 bits per heavy atom. The molecule has 0 saturated heterocycles. The van der Waals surface area contributed by atoms with Crippen LogP contribution >= 0.6 is 11.6 Å². The molecule has 100 valence electrons. The number of rotatable bonds is 3. The van der Waals surface area contributed by atoms with Crippen LogP contribution in [-0.2, 0) is 10.0 Å². The predicted molar refractivity (Wildman–Crippen MR) is 72.0 cm³/mol. The molecule has 0 radical (unpaired) electrons. The van der Waals surface area contributed by atoms with Gasteiger partial charge in [-0.1, -0.05) is 30.5 Å². The van der Waals surface area contributed by atoms with Crippen LogP contribution in [0.4, 0.5) is 0 Å². The van der Waals surface area contributed by atoms with E-state index in [0.717, 1.165) is 25.7 Å². The van der Waals surface area contributed by atoms with Gasteiger partial charge in [0.25, 0.3) is 0 Å². The number of sulfonamides is 1. The molecular weight excluding hydrogens is 272 g/mol. The number of nitrogens with one attached hydrogen (secondary N) is 1. The van der Waals surface area contributed by atoms with E-state index in [-0.39, 0.29) is 17.0 Å². The van der Waals surface area contributed by atoms with Crippen molar-refractivity contribution in [2.24, 2.45) is 5.73 Å². The zero-order chi connectivity index (χ0) is 13.2. The van der Waals surface area contributed by atoms with Crippen molar-refractivity contribution in [1.82, 2.24) is 4.72 Å². The number of hydrogen-bond acceptors (Lipinski definition) is 3. The molecule has 0 aromatic heterocycles. The van der Waals surface area contributed by atoms with E-state index in [1.807, 2.05) is 0 Å². The lowest BCUT2D eigenvalue weighted by molar-refractivity contribution is 0.361. The summed E-state index contributed by atoms with van der Waals surface area (Å²) in [6.45, 7) is 0. The van der Waals surface area contributed by atoms with E-state index >= 15 is 0 Å². The molecule has 2 rings (SSSR count). The van der Waals surface area contributed by atoms with Crippen LogP contribution in [0.25, 0.3) is 0 Å². The Morgan fingerprint density at radius 3 is 2.67 bits per heavy atom. The first-order chi connectivity index (χ1) is 8.49. The summed E-state index contributed by atoms with van der Waals surface area (Å²) in [4.78, 5) is 0.188. The molecule has 3 N–H and O–H groups in total. The van der Waals surface area contributed by atoms with E-state index in [4.69, 9.17) is 17.3 Å². The molecular formula is C12H17ClN2O2S. The summed E-state index contributed by atoms with van der Waals surface area (Å²) in [5, 5.41) is 0.408. The molecule has 1 aliphatic rings. The van der Waals surface area contributed by atoms with Gasteiger partial charge in [0.2, 0.25) is 10.0 Å².